The highest BCUT2D eigenvalue weighted by Gasteiger charge is 2.36. The predicted octanol–water partition coefficient (Wildman–Crippen LogP) is -0.0712. The summed E-state index contributed by atoms with van der Waals surface area (Å²) in [7, 11) is 1.46. The molecule has 1 saturated heterocycles. The highest BCUT2D eigenvalue weighted by molar-refractivity contribution is 5.90. The van der Waals surface area contributed by atoms with Crippen molar-refractivity contribution in [2.75, 3.05) is 13.6 Å². The smallest absolute Gasteiger partial charge is 0.326 e. The summed E-state index contributed by atoms with van der Waals surface area (Å²) >= 11 is 0. The Labute approximate surface area is 100 Å². The molecule has 0 aromatic rings. The number of amides is 2. The van der Waals surface area contributed by atoms with Crippen LogP contribution >= 0.6 is 0 Å². The van der Waals surface area contributed by atoms with Gasteiger partial charge in [-0.3, -0.25) is 9.59 Å². The number of carboxylic acid groups (broad SMARTS) is 1. The van der Waals surface area contributed by atoms with E-state index in [1.54, 1.807) is 0 Å². The number of likely N-dealkylation sites (N-methyl/N-ethyl adjacent to an activating group) is 1. The topological polar surface area (TPSA) is 77.9 Å². The van der Waals surface area contributed by atoms with Crippen molar-refractivity contribution >= 4 is 17.8 Å². The van der Waals surface area contributed by atoms with Crippen LogP contribution in [0.4, 0.5) is 0 Å². The molecule has 2 amide bonds. The van der Waals surface area contributed by atoms with E-state index in [-0.39, 0.29) is 11.8 Å². The molecule has 1 aliphatic heterocycles. The Kier molecular flexibility index (Phi) is 4.09. The van der Waals surface area contributed by atoms with Crippen molar-refractivity contribution in [3.8, 4) is 0 Å². The number of hydrogen-bond donors (Lipinski definition) is 1. The van der Waals surface area contributed by atoms with Crippen LogP contribution < -0.4 is 0 Å². The van der Waals surface area contributed by atoms with Crippen LogP contribution in [0.5, 0.6) is 0 Å². The average molecular weight is 242 g/mol. The van der Waals surface area contributed by atoms with Gasteiger partial charge in [-0.2, -0.15) is 0 Å². The molecule has 0 aromatic heterocycles. The van der Waals surface area contributed by atoms with Gasteiger partial charge in [-0.05, 0) is 19.8 Å². The molecule has 1 aliphatic rings. The van der Waals surface area contributed by atoms with Crippen molar-refractivity contribution in [1.82, 2.24) is 9.80 Å². The van der Waals surface area contributed by atoms with Crippen molar-refractivity contribution in [1.29, 1.82) is 0 Å². The Morgan fingerprint density at radius 2 is 2.00 bits per heavy atom. The Morgan fingerprint density at radius 1 is 1.41 bits per heavy atom. The fraction of sp³-hybridized carbons (Fsp3) is 0.727. The SMILES string of the molecule is CC(=O)N1CCCC1C(=O)N(C)C(C)C(=O)O. The zero-order valence-corrected chi connectivity index (χ0v) is 10.3. The maximum atomic E-state index is 12.1. The summed E-state index contributed by atoms with van der Waals surface area (Å²) < 4.78 is 0. The molecule has 0 bridgehead atoms. The molecule has 6 nitrogen and oxygen atoms in total. The molecule has 1 heterocycles. The van der Waals surface area contributed by atoms with E-state index >= 15 is 0 Å². The highest BCUT2D eigenvalue weighted by Crippen LogP contribution is 2.19. The number of aliphatic carboxylic acids is 1. The number of nitrogens with zero attached hydrogens (tertiary/aromatic N) is 2. The number of carbonyl (C=O) groups is 3. The normalized spacial score (nSPS) is 21.1. The molecule has 96 valence electrons. The van der Waals surface area contributed by atoms with Gasteiger partial charge in [0.15, 0.2) is 0 Å². The van der Waals surface area contributed by atoms with Gasteiger partial charge >= 0.3 is 5.97 Å². The third-order valence-electron chi connectivity index (χ3n) is 3.23. The zero-order chi connectivity index (χ0) is 13.2. The molecule has 0 radical (unpaired) electrons. The lowest BCUT2D eigenvalue weighted by atomic mass is 10.1. The standard InChI is InChI=1S/C11H18N2O4/c1-7(11(16)17)12(3)10(15)9-5-4-6-13(9)8(2)14/h7,9H,4-6H2,1-3H3,(H,16,17). The first-order chi connectivity index (χ1) is 7.86. The quantitative estimate of drug-likeness (QED) is 0.751. The van der Waals surface area contributed by atoms with Crippen LogP contribution in [0.2, 0.25) is 0 Å². The number of carboxylic acids is 1. The van der Waals surface area contributed by atoms with Crippen LogP contribution in [0.3, 0.4) is 0 Å². The van der Waals surface area contributed by atoms with Gasteiger partial charge in [0, 0.05) is 20.5 Å². The highest BCUT2D eigenvalue weighted by atomic mass is 16.4. The van der Waals surface area contributed by atoms with Crippen LogP contribution in [0.15, 0.2) is 0 Å². The van der Waals surface area contributed by atoms with Gasteiger partial charge in [0.05, 0.1) is 0 Å². The molecule has 1 fully saturated rings. The minimum Gasteiger partial charge on any atom is -0.480 e. The van der Waals surface area contributed by atoms with Crippen molar-refractivity contribution in [2.24, 2.45) is 0 Å². The second-order valence-corrected chi connectivity index (χ2v) is 4.33. The van der Waals surface area contributed by atoms with E-state index in [1.165, 1.54) is 30.7 Å². The van der Waals surface area contributed by atoms with Gasteiger partial charge in [0.1, 0.15) is 12.1 Å². The van der Waals surface area contributed by atoms with E-state index in [2.05, 4.69) is 0 Å². The molecule has 2 atom stereocenters. The third-order valence-corrected chi connectivity index (χ3v) is 3.23. The van der Waals surface area contributed by atoms with Crippen molar-refractivity contribution in [3.05, 3.63) is 0 Å². The third kappa shape index (κ3) is 2.75. The summed E-state index contributed by atoms with van der Waals surface area (Å²) in [5, 5.41) is 8.84. The van der Waals surface area contributed by atoms with Crippen LogP contribution in [-0.4, -0.2) is 58.4 Å². The number of likely N-dealkylation sites (tertiary alicyclic amines) is 1. The maximum Gasteiger partial charge on any atom is 0.326 e. The van der Waals surface area contributed by atoms with Gasteiger partial charge in [0.2, 0.25) is 11.8 Å². The van der Waals surface area contributed by atoms with Crippen LogP contribution in [-0.2, 0) is 14.4 Å². The average Bonchev–Trinajstić information content (AvgIpc) is 2.74. The van der Waals surface area contributed by atoms with Gasteiger partial charge in [-0.25, -0.2) is 4.79 Å². The lowest BCUT2D eigenvalue weighted by Crippen LogP contribution is -2.50. The van der Waals surface area contributed by atoms with E-state index < -0.39 is 18.1 Å². The Balaban J connectivity index is 2.75. The number of rotatable bonds is 3. The molecular formula is C11H18N2O4. The first kappa shape index (κ1) is 13.5. The molecule has 6 heteroatoms. The molecule has 0 spiro atoms. The molecular weight excluding hydrogens is 224 g/mol. The Bertz CT molecular complexity index is 342. The molecule has 0 aliphatic carbocycles. The first-order valence-corrected chi connectivity index (χ1v) is 5.63. The van der Waals surface area contributed by atoms with E-state index in [1.807, 2.05) is 0 Å². The first-order valence-electron chi connectivity index (χ1n) is 5.63. The fourth-order valence-corrected chi connectivity index (χ4v) is 1.99. The van der Waals surface area contributed by atoms with Gasteiger partial charge in [-0.1, -0.05) is 0 Å². The summed E-state index contributed by atoms with van der Waals surface area (Å²) in [6.45, 7) is 3.44. The minimum absolute atomic E-state index is 0.141. The zero-order valence-electron chi connectivity index (χ0n) is 10.3. The summed E-state index contributed by atoms with van der Waals surface area (Å²) in [6, 6.07) is -1.38. The summed E-state index contributed by atoms with van der Waals surface area (Å²) in [4.78, 5) is 36.9. The number of carbonyl (C=O) groups excluding carboxylic acids is 2. The van der Waals surface area contributed by atoms with E-state index in [0.717, 1.165) is 6.42 Å². The van der Waals surface area contributed by atoms with Gasteiger partial charge in [0.25, 0.3) is 0 Å². The van der Waals surface area contributed by atoms with Gasteiger partial charge < -0.3 is 14.9 Å². The fourth-order valence-electron chi connectivity index (χ4n) is 1.99. The predicted molar refractivity (Wildman–Crippen MR) is 60.3 cm³/mol. The second kappa shape index (κ2) is 5.16. The van der Waals surface area contributed by atoms with Crippen molar-refractivity contribution < 1.29 is 19.5 Å². The maximum absolute atomic E-state index is 12.1. The van der Waals surface area contributed by atoms with E-state index in [0.29, 0.717) is 13.0 Å². The number of hydrogen-bond acceptors (Lipinski definition) is 3. The van der Waals surface area contributed by atoms with Crippen molar-refractivity contribution in [3.63, 3.8) is 0 Å². The van der Waals surface area contributed by atoms with Crippen molar-refractivity contribution in [2.45, 2.75) is 38.8 Å². The Hall–Kier alpha value is -1.59. The Morgan fingerprint density at radius 3 is 2.47 bits per heavy atom. The molecule has 2 unspecified atom stereocenters. The molecule has 0 saturated carbocycles. The lowest BCUT2D eigenvalue weighted by Gasteiger charge is -2.29. The minimum atomic E-state index is -1.05. The lowest BCUT2D eigenvalue weighted by molar-refractivity contribution is -0.151. The summed E-state index contributed by atoms with van der Waals surface area (Å²) in [6.07, 6.45) is 1.39. The van der Waals surface area contributed by atoms with Gasteiger partial charge in [-0.15, -0.1) is 0 Å². The molecule has 1 N–H and O–H groups in total. The summed E-state index contributed by atoms with van der Waals surface area (Å²) in [5.41, 5.74) is 0. The molecule has 0 aromatic carbocycles. The molecule has 17 heavy (non-hydrogen) atoms. The van der Waals surface area contributed by atoms with Crippen LogP contribution in [0.1, 0.15) is 26.7 Å². The second-order valence-electron chi connectivity index (χ2n) is 4.33. The van der Waals surface area contributed by atoms with E-state index in [9.17, 15) is 14.4 Å². The largest absolute Gasteiger partial charge is 0.480 e. The summed E-state index contributed by atoms with van der Waals surface area (Å²) in [5.74, 6) is -1.49. The van der Waals surface area contributed by atoms with Crippen LogP contribution in [0.25, 0.3) is 0 Å². The van der Waals surface area contributed by atoms with E-state index in [4.69, 9.17) is 5.11 Å². The van der Waals surface area contributed by atoms with Crippen LogP contribution in [0, 0.1) is 0 Å². The monoisotopic (exact) mass is 242 g/mol. The molecule has 1 rings (SSSR count).